The predicted molar refractivity (Wildman–Crippen MR) is 136 cm³/mol. The number of carbonyl (C=O) groups is 3. The molecule has 0 fully saturated rings. The molecule has 7 nitrogen and oxygen atoms in total. The second-order valence-corrected chi connectivity index (χ2v) is 8.66. The van der Waals surface area contributed by atoms with Gasteiger partial charge in [-0.2, -0.15) is 12.6 Å². The van der Waals surface area contributed by atoms with Crippen molar-refractivity contribution in [1.29, 1.82) is 0 Å². The fraction of sp³-hybridized carbons (Fsp3) is 0.222. The Morgan fingerprint density at radius 3 is 1.97 bits per heavy atom. The summed E-state index contributed by atoms with van der Waals surface area (Å²) in [5, 5.41) is 14.3. The maximum Gasteiger partial charge on any atom is 0.407 e. The summed E-state index contributed by atoms with van der Waals surface area (Å²) in [6.07, 6.45) is -0.573. The summed E-state index contributed by atoms with van der Waals surface area (Å²) in [7, 11) is 0. The zero-order valence-electron chi connectivity index (χ0n) is 18.9. The molecule has 2 amide bonds. The average Bonchev–Trinajstić information content (AvgIpc) is 3.19. The standard InChI is InChI=1S/C27H26N2O5S/c30-25(28-24(16-35)26(31)32)23(14-17-8-2-1-3-9-17)29-27(33)34-15-22-20-12-6-4-10-18(20)19-11-5-7-13-21(19)22/h1-13,22-24,35H,14-16H2,(H,28,30)(H,29,33)(H,31,32)/t23-,24-/m0/s1. The number of amides is 2. The molecule has 2 atom stereocenters. The summed E-state index contributed by atoms with van der Waals surface area (Å²) in [5.74, 6) is -2.02. The van der Waals surface area contributed by atoms with Crippen LogP contribution in [0.3, 0.4) is 0 Å². The average molecular weight is 491 g/mol. The lowest BCUT2D eigenvalue weighted by Gasteiger charge is -2.21. The zero-order valence-corrected chi connectivity index (χ0v) is 19.8. The van der Waals surface area contributed by atoms with Crippen LogP contribution in [0.5, 0.6) is 0 Å². The van der Waals surface area contributed by atoms with E-state index < -0.39 is 30.1 Å². The minimum Gasteiger partial charge on any atom is -0.480 e. The van der Waals surface area contributed by atoms with Crippen molar-refractivity contribution in [2.24, 2.45) is 0 Å². The van der Waals surface area contributed by atoms with Crippen molar-refractivity contribution in [3.63, 3.8) is 0 Å². The van der Waals surface area contributed by atoms with Crippen LogP contribution in [-0.2, 0) is 20.7 Å². The molecule has 1 aliphatic rings. The molecule has 0 radical (unpaired) electrons. The van der Waals surface area contributed by atoms with Crippen molar-refractivity contribution < 1.29 is 24.2 Å². The largest absolute Gasteiger partial charge is 0.480 e. The first-order chi connectivity index (χ1) is 17.0. The Labute approximate surface area is 208 Å². The number of rotatable bonds is 9. The first kappa shape index (κ1) is 24.3. The SMILES string of the molecule is O=C(N[C@@H](Cc1ccccc1)C(=O)N[C@@H](CS)C(=O)O)OCC1c2ccccc2-c2ccccc21. The van der Waals surface area contributed by atoms with E-state index in [9.17, 15) is 19.5 Å². The van der Waals surface area contributed by atoms with Crippen LogP contribution in [0.25, 0.3) is 11.1 Å². The highest BCUT2D eigenvalue weighted by Crippen LogP contribution is 2.44. The van der Waals surface area contributed by atoms with Crippen molar-refractivity contribution in [2.45, 2.75) is 24.4 Å². The number of nitrogens with one attached hydrogen (secondary N) is 2. The number of carbonyl (C=O) groups excluding carboxylic acids is 2. The maximum atomic E-state index is 12.9. The Hall–Kier alpha value is -3.78. The fourth-order valence-electron chi connectivity index (χ4n) is 4.30. The van der Waals surface area contributed by atoms with Crippen molar-refractivity contribution in [3.8, 4) is 11.1 Å². The quantitative estimate of drug-likeness (QED) is 0.343. The molecule has 0 aliphatic heterocycles. The Bertz CT molecular complexity index is 1170. The third-order valence-corrected chi connectivity index (χ3v) is 6.40. The van der Waals surface area contributed by atoms with Crippen LogP contribution in [0.1, 0.15) is 22.6 Å². The molecule has 180 valence electrons. The van der Waals surface area contributed by atoms with E-state index >= 15 is 0 Å². The highest BCUT2D eigenvalue weighted by Gasteiger charge is 2.30. The molecule has 3 N–H and O–H groups in total. The maximum absolute atomic E-state index is 12.9. The monoisotopic (exact) mass is 490 g/mol. The Balaban J connectivity index is 1.46. The first-order valence-electron chi connectivity index (χ1n) is 11.3. The molecule has 0 spiro atoms. The van der Waals surface area contributed by atoms with Gasteiger partial charge in [0.15, 0.2) is 0 Å². The van der Waals surface area contributed by atoms with Crippen LogP contribution in [-0.4, -0.2) is 47.5 Å². The molecule has 0 aromatic heterocycles. The van der Waals surface area contributed by atoms with Gasteiger partial charge in [0.25, 0.3) is 0 Å². The third kappa shape index (κ3) is 5.66. The van der Waals surface area contributed by atoms with Crippen molar-refractivity contribution in [1.82, 2.24) is 10.6 Å². The lowest BCUT2D eigenvalue weighted by atomic mass is 9.98. The van der Waals surface area contributed by atoms with Crippen LogP contribution in [0.2, 0.25) is 0 Å². The van der Waals surface area contributed by atoms with Crippen molar-refractivity contribution in [2.75, 3.05) is 12.4 Å². The highest BCUT2D eigenvalue weighted by atomic mass is 32.1. The van der Waals surface area contributed by atoms with Gasteiger partial charge < -0.3 is 20.5 Å². The number of benzene rings is 3. The van der Waals surface area contributed by atoms with Gasteiger partial charge in [0.05, 0.1) is 0 Å². The summed E-state index contributed by atoms with van der Waals surface area (Å²) < 4.78 is 5.58. The minimum atomic E-state index is -1.20. The molecular formula is C27H26N2O5S. The van der Waals surface area contributed by atoms with E-state index in [1.54, 1.807) is 0 Å². The zero-order chi connectivity index (χ0) is 24.8. The van der Waals surface area contributed by atoms with Crippen LogP contribution >= 0.6 is 12.6 Å². The summed E-state index contributed by atoms with van der Waals surface area (Å²) in [6, 6.07) is 23.0. The van der Waals surface area contributed by atoms with E-state index in [2.05, 4.69) is 35.4 Å². The van der Waals surface area contributed by atoms with Gasteiger partial charge >= 0.3 is 12.1 Å². The number of hydrogen-bond donors (Lipinski definition) is 4. The molecule has 0 saturated heterocycles. The molecule has 1 aliphatic carbocycles. The van der Waals surface area contributed by atoms with E-state index in [0.717, 1.165) is 27.8 Å². The summed E-state index contributed by atoms with van der Waals surface area (Å²) >= 11 is 3.99. The van der Waals surface area contributed by atoms with Gasteiger partial charge in [-0.15, -0.1) is 0 Å². The van der Waals surface area contributed by atoms with Gasteiger partial charge in [0.2, 0.25) is 5.91 Å². The van der Waals surface area contributed by atoms with Crippen molar-refractivity contribution in [3.05, 3.63) is 95.6 Å². The van der Waals surface area contributed by atoms with E-state index in [4.69, 9.17) is 4.74 Å². The number of hydrogen-bond acceptors (Lipinski definition) is 5. The number of ether oxygens (including phenoxy) is 1. The summed E-state index contributed by atoms with van der Waals surface area (Å²) in [5.41, 5.74) is 5.20. The molecule has 0 unspecified atom stereocenters. The number of carboxylic acids is 1. The van der Waals surface area contributed by atoms with Gasteiger partial charge in [-0.1, -0.05) is 78.9 Å². The molecule has 0 heterocycles. The van der Waals surface area contributed by atoms with Crippen molar-refractivity contribution >= 4 is 30.6 Å². The third-order valence-electron chi connectivity index (χ3n) is 6.03. The summed E-state index contributed by atoms with van der Waals surface area (Å²) in [6.45, 7) is 0.105. The normalized spacial score (nSPS) is 13.7. The number of carboxylic acid groups (broad SMARTS) is 1. The number of fused-ring (bicyclic) bond motifs is 3. The first-order valence-corrected chi connectivity index (χ1v) is 11.9. The van der Waals surface area contributed by atoms with E-state index in [1.807, 2.05) is 66.7 Å². The molecule has 3 aromatic carbocycles. The Morgan fingerprint density at radius 1 is 0.829 bits per heavy atom. The second kappa shape index (κ2) is 11.1. The second-order valence-electron chi connectivity index (χ2n) is 8.29. The molecule has 8 heteroatoms. The molecule has 4 rings (SSSR count). The predicted octanol–water partition coefficient (Wildman–Crippen LogP) is 3.64. The molecule has 35 heavy (non-hydrogen) atoms. The van der Waals surface area contributed by atoms with Gasteiger partial charge in [-0.05, 0) is 27.8 Å². The topological polar surface area (TPSA) is 105 Å². The van der Waals surface area contributed by atoms with E-state index in [-0.39, 0.29) is 24.7 Å². The van der Waals surface area contributed by atoms with E-state index in [1.165, 1.54) is 0 Å². The fourth-order valence-corrected chi connectivity index (χ4v) is 4.55. The number of aliphatic carboxylic acids is 1. The van der Waals surface area contributed by atoms with Gasteiger partial charge in [0.1, 0.15) is 18.7 Å². The van der Waals surface area contributed by atoms with Crippen LogP contribution < -0.4 is 10.6 Å². The highest BCUT2D eigenvalue weighted by molar-refractivity contribution is 7.80. The van der Waals surface area contributed by atoms with Crippen LogP contribution in [0.15, 0.2) is 78.9 Å². The van der Waals surface area contributed by atoms with Gasteiger partial charge in [0, 0.05) is 18.1 Å². The molecule has 3 aromatic rings. The molecule has 0 saturated carbocycles. The van der Waals surface area contributed by atoms with Crippen LogP contribution in [0, 0.1) is 0 Å². The lowest BCUT2D eigenvalue weighted by Crippen LogP contribution is -2.53. The Kier molecular flexibility index (Phi) is 7.72. The smallest absolute Gasteiger partial charge is 0.407 e. The number of alkyl carbamates (subject to hydrolysis) is 1. The molecular weight excluding hydrogens is 464 g/mol. The van der Waals surface area contributed by atoms with Gasteiger partial charge in [-0.3, -0.25) is 4.79 Å². The molecule has 0 bridgehead atoms. The Morgan fingerprint density at radius 2 is 1.40 bits per heavy atom. The number of thiol groups is 1. The lowest BCUT2D eigenvalue weighted by molar-refractivity contribution is -0.141. The van der Waals surface area contributed by atoms with Gasteiger partial charge in [-0.25, -0.2) is 9.59 Å². The van der Waals surface area contributed by atoms with Crippen LogP contribution in [0.4, 0.5) is 4.79 Å². The van der Waals surface area contributed by atoms with E-state index in [0.29, 0.717) is 0 Å². The summed E-state index contributed by atoms with van der Waals surface area (Å²) in [4.78, 5) is 37.0. The minimum absolute atomic E-state index is 0.0793.